The smallest absolute Gasteiger partial charge is 0.306 e. The molecule has 24 heavy (non-hydrogen) atoms. The van der Waals surface area contributed by atoms with Crippen LogP contribution < -0.4 is 5.32 Å². The number of nitrogens with one attached hydrogen (secondary N) is 2. The highest BCUT2D eigenvalue weighted by atomic mass is 16.5. The predicted molar refractivity (Wildman–Crippen MR) is 92.5 cm³/mol. The first-order valence-corrected chi connectivity index (χ1v) is 8.59. The molecule has 2 N–H and O–H groups in total. The number of H-pyrrole nitrogens is 1. The number of carbonyl (C=O) groups is 2. The van der Waals surface area contributed by atoms with E-state index in [9.17, 15) is 9.59 Å². The van der Waals surface area contributed by atoms with E-state index in [0.717, 1.165) is 18.4 Å². The summed E-state index contributed by atoms with van der Waals surface area (Å²) in [5.41, 5.74) is 2.19. The zero-order valence-electron chi connectivity index (χ0n) is 14.1. The molecule has 1 aromatic carbocycles. The molecule has 5 nitrogen and oxygen atoms in total. The third-order valence-corrected chi connectivity index (χ3v) is 5.08. The zero-order valence-corrected chi connectivity index (χ0v) is 14.1. The number of hydrogen-bond acceptors (Lipinski definition) is 3. The summed E-state index contributed by atoms with van der Waals surface area (Å²) in [6.45, 7) is 3.12. The molecule has 0 bridgehead atoms. The summed E-state index contributed by atoms with van der Waals surface area (Å²) in [6, 6.07) is 8.16. The van der Waals surface area contributed by atoms with E-state index in [1.54, 1.807) is 0 Å². The molecule has 2 aromatic rings. The monoisotopic (exact) mass is 328 g/mol. The lowest BCUT2D eigenvalue weighted by Gasteiger charge is -2.23. The van der Waals surface area contributed by atoms with Gasteiger partial charge < -0.3 is 15.0 Å². The van der Waals surface area contributed by atoms with Gasteiger partial charge in [-0.3, -0.25) is 9.59 Å². The first kappa shape index (κ1) is 16.6. The van der Waals surface area contributed by atoms with Gasteiger partial charge in [0.05, 0.1) is 13.0 Å². The lowest BCUT2D eigenvalue weighted by atomic mass is 9.80. The van der Waals surface area contributed by atoms with Gasteiger partial charge in [0.1, 0.15) is 0 Å². The van der Waals surface area contributed by atoms with E-state index in [2.05, 4.69) is 23.3 Å². The van der Waals surface area contributed by atoms with Gasteiger partial charge in [-0.25, -0.2) is 0 Å². The molecular formula is C19H24N2O3. The molecule has 1 aromatic heterocycles. The van der Waals surface area contributed by atoms with Crippen molar-refractivity contribution >= 4 is 22.8 Å². The normalized spacial score (nSPS) is 20.3. The average molecular weight is 328 g/mol. The van der Waals surface area contributed by atoms with Crippen LogP contribution in [0.15, 0.2) is 30.5 Å². The Morgan fingerprint density at radius 3 is 2.96 bits per heavy atom. The van der Waals surface area contributed by atoms with Crippen molar-refractivity contribution in [2.24, 2.45) is 5.41 Å². The average Bonchev–Trinajstić information content (AvgIpc) is 3.18. The summed E-state index contributed by atoms with van der Waals surface area (Å²) in [7, 11) is 0. The number of esters is 1. The van der Waals surface area contributed by atoms with Crippen LogP contribution in [0.25, 0.3) is 10.9 Å². The number of carbonyl (C=O) groups excluding carboxylic acids is 2. The molecule has 3 rings (SSSR count). The largest absolute Gasteiger partial charge is 0.465 e. The minimum atomic E-state index is -0.148. The van der Waals surface area contributed by atoms with Gasteiger partial charge in [0.25, 0.3) is 0 Å². The SMILES string of the molecule is CC[C@@]1(CCC(=O)NCCc2c[nH]c3ccccc23)COC(=O)C1. The van der Waals surface area contributed by atoms with E-state index in [1.165, 1.54) is 10.9 Å². The summed E-state index contributed by atoms with van der Waals surface area (Å²) in [5, 5.41) is 4.19. The third kappa shape index (κ3) is 3.61. The van der Waals surface area contributed by atoms with Gasteiger partial charge in [-0.05, 0) is 30.9 Å². The second-order valence-electron chi connectivity index (χ2n) is 6.65. The lowest BCUT2D eigenvalue weighted by Crippen LogP contribution is -2.28. The molecule has 1 aliphatic rings. The lowest BCUT2D eigenvalue weighted by molar-refractivity contribution is -0.138. The maximum Gasteiger partial charge on any atom is 0.306 e. The molecule has 1 fully saturated rings. The van der Waals surface area contributed by atoms with E-state index >= 15 is 0 Å². The van der Waals surface area contributed by atoms with Crippen molar-refractivity contribution in [3.05, 3.63) is 36.0 Å². The molecular weight excluding hydrogens is 304 g/mol. The number of aromatic amines is 1. The van der Waals surface area contributed by atoms with E-state index in [-0.39, 0.29) is 17.3 Å². The topological polar surface area (TPSA) is 71.2 Å². The predicted octanol–water partition coefficient (Wildman–Crippen LogP) is 2.95. The van der Waals surface area contributed by atoms with Crippen molar-refractivity contribution in [3.63, 3.8) is 0 Å². The van der Waals surface area contributed by atoms with Gasteiger partial charge in [0.15, 0.2) is 0 Å². The summed E-state index contributed by atoms with van der Waals surface area (Å²) >= 11 is 0. The third-order valence-electron chi connectivity index (χ3n) is 5.08. The highest BCUT2D eigenvalue weighted by Gasteiger charge is 2.38. The second kappa shape index (κ2) is 7.07. The van der Waals surface area contributed by atoms with Crippen LogP contribution in [0.1, 0.15) is 38.2 Å². The van der Waals surface area contributed by atoms with Gasteiger partial charge >= 0.3 is 5.97 Å². The van der Waals surface area contributed by atoms with E-state index in [4.69, 9.17) is 4.74 Å². The minimum absolute atomic E-state index is 0.0435. The molecule has 5 heteroatoms. The van der Waals surface area contributed by atoms with E-state index in [1.807, 2.05) is 24.4 Å². The van der Waals surface area contributed by atoms with Crippen LogP contribution in [0, 0.1) is 5.41 Å². The Morgan fingerprint density at radius 1 is 1.38 bits per heavy atom. The Labute approximate surface area is 141 Å². The van der Waals surface area contributed by atoms with Gasteiger partial charge in [0, 0.05) is 35.5 Å². The zero-order chi connectivity index (χ0) is 17.0. The van der Waals surface area contributed by atoms with Crippen LogP contribution in [-0.2, 0) is 20.7 Å². The van der Waals surface area contributed by atoms with Crippen LogP contribution in [0.5, 0.6) is 0 Å². The highest BCUT2D eigenvalue weighted by Crippen LogP contribution is 2.37. The molecule has 1 atom stereocenters. The maximum atomic E-state index is 12.1. The number of para-hydroxylation sites is 1. The second-order valence-corrected chi connectivity index (χ2v) is 6.65. The van der Waals surface area contributed by atoms with Crippen LogP contribution in [0.4, 0.5) is 0 Å². The number of hydrogen-bond donors (Lipinski definition) is 2. The quantitative estimate of drug-likeness (QED) is 0.768. The van der Waals surface area contributed by atoms with Gasteiger partial charge in [-0.2, -0.15) is 0 Å². The van der Waals surface area contributed by atoms with Gasteiger partial charge in [-0.1, -0.05) is 25.1 Å². The fourth-order valence-electron chi connectivity index (χ4n) is 3.35. The van der Waals surface area contributed by atoms with Crippen molar-refractivity contribution in [3.8, 4) is 0 Å². The highest BCUT2D eigenvalue weighted by molar-refractivity contribution is 5.83. The number of ether oxygens (including phenoxy) is 1. The molecule has 1 aliphatic heterocycles. The Kier molecular flexibility index (Phi) is 4.88. The van der Waals surface area contributed by atoms with E-state index < -0.39 is 0 Å². The van der Waals surface area contributed by atoms with Crippen LogP contribution in [-0.4, -0.2) is 30.0 Å². The molecule has 128 valence electrons. The van der Waals surface area contributed by atoms with Crippen molar-refractivity contribution < 1.29 is 14.3 Å². The number of aromatic nitrogens is 1. The minimum Gasteiger partial charge on any atom is -0.465 e. The maximum absolute atomic E-state index is 12.1. The number of rotatable bonds is 7. The standard InChI is InChI=1S/C19H24N2O3/c1-2-19(11-18(23)24-13-19)9-7-17(22)20-10-8-14-12-21-16-6-4-3-5-15(14)16/h3-6,12,21H,2,7-11,13H2,1H3,(H,20,22)/t19-/m0/s1. The van der Waals surface area contributed by atoms with Crippen molar-refractivity contribution in [1.29, 1.82) is 0 Å². The van der Waals surface area contributed by atoms with E-state index in [0.29, 0.717) is 32.4 Å². The summed E-state index contributed by atoms with van der Waals surface area (Å²) in [5.74, 6) is -0.0985. The number of benzene rings is 1. The fraction of sp³-hybridized carbons (Fsp3) is 0.474. The summed E-state index contributed by atoms with van der Waals surface area (Å²) in [6.07, 6.45) is 5.25. The Balaban J connectivity index is 1.45. The summed E-state index contributed by atoms with van der Waals surface area (Å²) < 4.78 is 5.09. The molecule has 1 saturated heterocycles. The molecule has 0 aliphatic carbocycles. The molecule has 0 saturated carbocycles. The van der Waals surface area contributed by atoms with Crippen molar-refractivity contribution in [2.75, 3.05) is 13.2 Å². The van der Waals surface area contributed by atoms with Crippen LogP contribution in [0.3, 0.4) is 0 Å². The molecule has 0 spiro atoms. The first-order chi connectivity index (χ1) is 11.6. The van der Waals surface area contributed by atoms with Crippen molar-refractivity contribution in [2.45, 2.75) is 39.0 Å². The fourth-order valence-corrected chi connectivity index (χ4v) is 3.35. The molecule has 0 unspecified atom stereocenters. The Morgan fingerprint density at radius 2 is 2.21 bits per heavy atom. The van der Waals surface area contributed by atoms with Crippen LogP contribution >= 0.6 is 0 Å². The van der Waals surface area contributed by atoms with Crippen LogP contribution in [0.2, 0.25) is 0 Å². The molecule has 0 radical (unpaired) electrons. The van der Waals surface area contributed by atoms with Crippen molar-refractivity contribution in [1.82, 2.24) is 10.3 Å². The summed E-state index contributed by atoms with van der Waals surface area (Å²) in [4.78, 5) is 26.7. The first-order valence-electron chi connectivity index (χ1n) is 8.59. The number of fused-ring (bicyclic) bond motifs is 1. The Hall–Kier alpha value is -2.30. The molecule has 1 amide bonds. The van der Waals surface area contributed by atoms with Gasteiger partial charge in [-0.15, -0.1) is 0 Å². The number of amides is 1. The molecule has 2 heterocycles. The Bertz CT molecular complexity index is 737. The van der Waals surface area contributed by atoms with Gasteiger partial charge in [0.2, 0.25) is 5.91 Å². The number of cyclic esters (lactones) is 1.